The van der Waals surface area contributed by atoms with Crippen molar-refractivity contribution in [3.05, 3.63) is 65.2 Å². The van der Waals surface area contributed by atoms with E-state index in [1.165, 1.54) is 17.3 Å². The lowest BCUT2D eigenvalue weighted by atomic mass is 10.1. The Morgan fingerprint density at radius 1 is 1.21 bits per heavy atom. The van der Waals surface area contributed by atoms with Gasteiger partial charge in [0.25, 0.3) is 0 Å². The summed E-state index contributed by atoms with van der Waals surface area (Å²) in [5, 5.41) is 8.54. The van der Waals surface area contributed by atoms with Gasteiger partial charge < -0.3 is 10.5 Å². The fourth-order valence-corrected chi connectivity index (χ4v) is 2.66. The molecule has 0 unspecified atom stereocenters. The second-order valence-corrected chi connectivity index (χ2v) is 6.64. The summed E-state index contributed by atoms with van der Waals surface area (Å²) < 4.78 is 5.72. The molecule has 0 aliphatic rings. The smallest absolute Gasteiger partial charge is 0.180 e. The van der Waals surface area contributed by atoms with Crippen LogP contribution in [-0.4, -0.2) is 17.5 Å². The first-order chi connectivity index (χ1) is 11.5. The van der Waals surface area contributed by atoms with Crippen LogP contribution in [0, 0.1) is 6.92 Å². The van der Waals surface area contributed by atoms with E-state index in [1.807, 2.05) is 57.2 Å². The lowest BCUT2D eigenvalue weighted by Gasteiger charge is -2.12. The minimum Gasteiger partial charge on any atom is -0.491 e. The maximum absolute atomic E-state index is 5.87. The Labute approximate surface area is 147 Å². The molecular formula is C19H23N3OS. The van der Waals surface area contributed by atoms with E-state index in [0.717, 1.165) is 22.6 Å². The molecule has 2 aromatic rings. The molecule has 0 bridgehead atoms. The standard InChI is InChI=1S/C19H23N3OS/c1-14(2)23-18-10-9-17(11-15(18)3)12-21-22-19(20)24-13-16-7-5-4-6-8-16/h4-12,14H,13H2,1-3H3,(H2,20,22). The van der Waals surface area contributed by atoms with Gasteiger partial charge in [-0.25, -0.2) is 0 Å². The van der Waals surface area contributed by atoms with Gasteiger partial charge in [0.1, 0.15) is 5.75 Å². The number of rotatable bonds is 6. The summed E-state index contributed by atoms with van der Waals surface area (Å²) in [6.45, 7) is 6.04. The molecule has 0 radical (unpaired) electrons. The Kier molecular flexibility index (Phi) is 6.88. The summed E-state index contributed by atoms with van der Waals surface area (Å²) in [5.74, 6) is 1.68. The molecule has 24 heavy (non-hydrogen) atoms. The Morgan fingerprint density at radius 2 is 1.96 bits per heavy atom. The van der Waals surface area contributed by atoms with Crippen molar-refractivity contribution in [2.24, 2.45) is 15.9 Å². The first-order valence-electron chi connectivity index (χ1n) is 7.85. The normalized spacial score (nSPS) is 12.1. The molecule has 0 spiro atoms. The third-order valence-electron chi connectivity index (χ3n) is 3.15. The number of nitrogens with two attached hydrogens (primary N) is 1. The Hall–Kier alpha value is -2.27. The zero-order valence-electron chi connectivity index (χ0n) is 14.3. The van der Waals surface area contributed by atoms with E-state index in [2.05, 4.69) is 22.3 Å². The molecule has 0 aromatic heterocycles. The molecule has 0 amide bonds. The number of thioether (sulfide) groups is 1. The number of aryl methyl sites for hydroxylation is 1. The van der Waals surface area contributed by atoms with Gasteiger partial charge in [-0.15, -0.1) is 5.10 Å². The van der Waals surface area contributed by atoms with Gasteiger partial charge in [0.2, 0.25) is 0 Å². The third kappa shape index (κ3) is 6.08. The lowest BCUT2D eigenvalue weighted by Crippen LogP contribution is -2.07. The van der Waals surface area contributed by atoms with Crippen LogP contribution >= 0.6 is 11.8 Å². The molecule has 0 aliphatic carbocycles. The fraction of sp³-hybridized carbons (Fsp3) is 0.263. The van der Waals surface area contributed by atoms with Crippen LogP contribution in [-0.2, 0) is 5.75 Å². The van der Waals surface area contributed by atoms with Crippen LogP contribution in [0.25, 0.3) is 0 Å². The molecule has 2 N–H and O–H groups in total. The highest BCUT2D eigenvalue weighted by molar-refractivity contribution is 8.13. The van der Waals surface area contributed by atoms with Gasteiger partial charge in [-0.05, 0) is 55.7 Å². The average Bonchev–Trinajstić information content (AvgIpc) is 2.56. The van der Waals surface area contributed by atoms with E-state index in [4.69, 9.17) is 10.5 Å². The van der Waals surface area contributed by atoms with Crippen molar-refractivity contribution < 1.29 is 4.74 Å². The van der Waals surface area contributed by atoms with Gasteiger partial charge in [-0.2, -0.15) is 5.10 Å². The SMILES string of the molecule is Cc1cc(C=NN=C(N)SCc2ccccc2)ccc1OC(C)C. The molecule has 0 aliphatic heterocycles. The van der Waals surface area contributed by atoms with Crippen LogP contribution < -0.4 is 10.5 Å². The Balaban J connectivity index is 1.91. The van der Waals surface area contributed by atoms with Crippen LogP contribution in [0.5, 0.6) is 5.75 Å². The molecular weight excluding hydrogens is 318 g/mol. The van der Waals surface area contributed by atoms with Crippen LogP contribution in [0.4, 0.5) is 0 Å². The van der Waals surface area contributed by atoms with E-state index in [9.17, 15) is 0 Å². The van der Waals surface area contributed by atoms with Gasteiger partial charge in [0, 0.05) is 5.75 Å². The maximum atomic E-state index is 5.87. The Bertz CT molecular complexity index is 712. The minimum absolute atomic E-state index is 0.161. The summed E-state index contributed by atoms with van der Waals surface area (Å²) in [6, 6.07) is 16.1. The van der Waals surface area contributed by atoms with Gasteiger partial charge >= 0.3 is 0 Å². The predicted octanol–water partition coefficient (Wildman–Crippen LogP) is 4.36. The van der Waals surface area contributed by atoms with Gasteiger partial charge in [0.05, 0.1) is 12.3 Å². The topological polar surface area (TPSA) is 60.0 Å². The van der Waals surface area contributed by atoms with E-state index in [-0.39, 0.29) is 6.10 Å². The van der Waals surface area contributed by atoms with Crippen molar-refractivity contribution in [3.8, 4) is 5.75 Å². The van der Waals surface area contributed by atoms with Gasteiger partial charge in [0.15, 0.2) is 5.17 Å². The Morgan fingerprint density at radius 3 is 2.62 bits per heavy atom. The van der Waals surface area contributed by atoms with Crippen LogP contribution in [0.15, 0.2) is 58.7 Å². The van der Waals surface area contributed by atoms with Crippen molar-refractivity contribution in [3.63, 3.8) is 0 Å². The van der Waals surface area contributed by atoms with E-state index < -0.39 is 0 Å². The lowest BCUT2D eigenvalue weighted by molar-refractivity contribution is 0.241. The molecule has 2 rings (SSSR count). The number of nitrogens with zero attached hydrogens (tertiary/aromatic N) is 2. The molecule has 0 saturated heterocycles. The molecule has 0 heterocycles. The van der Waals surface area contributed by atoms with E-state index in [0.29, 0.717) is 5.17 Å². The second kappa shape index (κ2) is 9.13. The van der Waals surface area contributed by atoms with E-state index in [1.54, 1.807) is 6.21 Å². The molecule has 126 valence electrons. The number of hydrogen-bond donors (Lipinski definition) is 1. The van der Waals surface area contributed by atoms with Crippen LogP contribution in [0.2, 0.25) is 0 Å². The predicted molar refractivity (Wildman–Crippen MR) is 104 cm³/mol. The summed E-state index contributed by atoms with van der Waals surface area (Å²) in [6.07, 6.45) is 1.86. The number of amidine groups is 1. The van der Waals surface area contributed by atoms with Crippen molar-refractivity contribution in [2.75, 3.05) is 0 Å². The highest BCUT2D eigenvalue weighted by Gasteiger charge is 2.02. The number of hydrogen-bond acceptors (Lipinski definition) is 4. The molecule has 5 heteroatoms. The van der Waals surface area contributed by atoms with Crippen LogP contribution in [0.1, 0.15) is 30.5 Å². The summed E-state index contributed by atoms with van der Waals surface area (Å²) in [5.41, 5.74) is 9.12. The highest BCUT2D eigenvalue weighted by Crippen LogP contribution is 2.19. The largest absolute Gasteiger partial charge is 0.491 e. The molecule has 4 nitrogen and oxygen atoms in total. The summed E-state index contributed by atoms with van der Waals surface area (Å²) >= 11 is 1.47. The molecule has 2 aromatic carbocycles. The fourth-order valence-electron chi connectivity index (χ4n) is 2.05. The zero-order valence-corrected chi connectivity index (χ0v) is 15.1. The second-order valence-electron chi connectivity index (χ2n) is 5.65. The zero-order chi connectivity index (χ0) is 17.4. The molecule has 0 fully saturated rings. The minimum atomic E-state index is 0.161. The first kappa shape index (κ1) is 18.1. The monoisotopic (exact) mass is 341 g/mol. The van der Waals surface area contributed by atoms with E-state index >= 15 is 0 Å². The molecule has 0 saturated carbocycles. The summed E-state index contributed by atoms with van der Waals surface area (Å²) in [7, 11) is 0. The van der Waals surface area contributed by atoms with Crippen molar-refractivity contribution >= 4 is 23.1 Å². The average molecular weight is 341 g/mol. The van der Waals surface area contributed by atoms with Crippen molar-refractivity contribution in [1.29, 1.82) is 0 Å². The third-order valence-corrected chi connectivity index (χ3v) is 4.01. The summed E-state index contributed by atoms with van der Waals surface area (Å²) in [4.78, 5) is 0. The molecule has 0 atom stereocenters. The quantitative estimate of drug-likeness (QED) is 0.482. The maximum Gasteiger partial charge on any atom is 0.180 e. The van der Waals surface area contributed by atoms with Crippen molar-refractivity contribution in [1.82, 2.24) is 0 Å². The van der Waals surface area contributed by atoms with Crippen molar-refractivity contribution in [2.45, 2.75) is 32.6 Å². The number of ether oxygens (including phenoxy) is 1. The number of benzene rings is 2. The highest BCUT2D eigenvalue weighted by atomic mass is 32.2. The van der Waals surface area contributed by atoms with Gasteiger partial charge in [-0.3, -0.25) is 0 Å². The van der Waals surface area contributed by atoms with Crippen LogP contribution in [0.3, 0.4) is 0 Å². The van der Waals surface area contributed by atoms with Gasteiger partial charge in [-0.1, -0.05) is 42.1 Å². The first-order valence-corrected chi connectivity index (χ1v) is 8.83.